The number of carbonyl (C=O) groups is 1. The zero-order chi connectivity index (χ0) is 20.9. The summed E-state index contributed by atoms with van der Waals surface area (Å²) in [5.41, 5.74) is 1.76. The lowest BCUT2D eigenvalue weighted by Crippen LogP contribution is -2.20. The van der Waals surface area contributed by atoms with Crippen molar-refractivity contribution in [1.29, 1.82) is 0 Å². The van der Waals surface area contributed by atoms with Gasteiger partial charge in [-0.05, 0) is 61.5 Å². The van der Waals surface area contributed by atoms with Gasteiger partial charge < -0.3 is 19.2 Å². The first-order chi connectivity index (χ1) is 14.5. The van der Waals surface area contributed by atoms with Crippen molar-refractivity contribution in [2.45, 2.75) is 6.92 Å². The van der Waals surface area contributed by atoms with Gasteiger partial charge in [0.2, 0.25) is 0 Å². The molecule has 0 aliphatic carbocycles. The molecular formula is C24H19NO5. The van der Waals surface area contributed by atoms with Crippen molar-refractivity contribution in [3.8, 4) is 17.2 Å². The number of benzene rings is 3. The first-order valence-corrected chi connectivity index (χ1v) is 9.36. The van der Waals surface area contributed by atoms with E-state index in [-0.39, 0.29) is 12.5 Å². The van der Waals surface area contributed by atoms with Crippen LogP contribution in [0.5, 0.6) is 17.2 Å². The second-order valence-electron chi connectivity index (χ2n) is 6.73. The van der Waals surface area contributed by atoms with Gasteiger partial charge in [0.25, 0.3) is 5.91 Å². The summed E-state index contributed by atoms with van der Waals surface area (Å²) in [4.78, 5) is 23.5. The maximum absolute atomic E-state index is 12.2. The Labute approximate surface area is 172 Å². The molecule has 1 amide bonds. The molecule has 4 rings (SSSR count). The van der Waals surface area contributed by atoms with Gasteiger partial charge in [-0.2, -0.15) is 0 Å². The average molecular weight is 401 g/mol. The summed E-state index contributed by atoms with van der Waals surface area (Å²) in [5, 5.41) is 3.54. The van der Waals surface area contributed by atoms with Gasteiger partial charge in [-0.1, -0.05) is 17.7 Å². The molecule has 30 heavy (non-hydrogen) atoms. The molecule has 3 aromatic carbocycles. The Balaban J connectivity index is 1.32. The lowest BCUT2D eigenvalue weighted by Gasteiger charge is -2.09. The Morgan fingerprint density at radius 1 is 0.867 bits per heavy atom. The molecule has 0 aliphatic heterocycles. The molecule has 0 aliphatic rings. The second kappa shape index (κ2) is 8.53. The molecule has 6 heteroatoms. The summed E-state index contributed by atoms with van der Waals surface area (Å²) in [6, 6.07) is 22.9. The van der Waals surface area contributed by atoms with Gasteiger partial charge in [0.05, 0.1) is 0 Å². The zero-order valence-corrected chi connectivity index (χ0v) is 16.3. The molecule has 0 saturated carbocycles. The lowest BCUT2D eigenvalue weighted by molar-refractivity contribution is -0.118. The van der Waals surface area contributed by atoms with E-state index in [0.717, 1.165) is 16.7 Å². The fraction of sp³-hybridized carbons (Fsp3) is 0.0833. The Morgan fingerprint density at radius 3 is 2.23 bits per heavy atom. The topological polar surface area (TPSA) is 77.8 Å². The second-order valence-corrected chi connectivity index (χ2v) is 6.73. The Bertz CT molecular complexity index is 1230. The minimum absolute atomic E-state index is 0.176. The van der Waals surface area contributed by atoms with E-state index in [0.29, 0.717) is 22.8 Å². The van der Waals surface area contributed by atoms with Crippen molar-refractivity contribution in [2.75, 3.05) is 11.9 Å². The third kappa shape index (κ3) is 4.86. The molecule has 0 spiro atoms. The molecule has 0 saturated heterocycles. The third-order valence-corrected chi connectivity index (χ3v) is 4.36. The highest BCUT2D eigenvalue weighted by Gasteiger charge is 2.06. The molecule has 150 valence electrons. The van der Waals surface area contributed by atoms with Crippen molar-refractivity contribution in [2.24, 2.45) is 0 Å². The highest BCUT2D eigenvalue weighted by Crippen LogP contribution is 2.23. The van der Waals surface area contributed by atoms with E-state index in [1.807, 2.05) is 31.2 Å². The van der Waals surface area contributed by atoms with Crippen molar-refractivity contribution >= 4 is 22.6 Å². The summed E-state index contributed by atoms with van der Waals surface area (Å²) in [6.45, 7) is 1.84. The normalized spacial score (nSPS) is 10.6. The van der Waals surface area contributed by atoms with E-state index in [2.05, 4.69) is 5.32 Å². The van der Waals surface area contributed by atoms with Gasteiger partial charge in [0.1, 0.15) is 22.8 Å². The van der Waals surface area contributed by atoms with E-state index in [4.69, 9.17) is 13.9 Å². The molecule has 0 fully saturated rings. The summed E-state index contributed by atoms with van der Waals surface area (Å²) in [7, 11) is 0. The summed E-state index contributed by atoms with van der Waals surface area (Å²) in [5.74, 6) is 1.55. The van der Waals surface area contributed by atoms with E-state index in [1.54, 1.807) is 48.5 Å². The van der Waals surface area contributed by atoms with Crippen LogP contribution in [0.2, 0.25) is 0 Å². The summed E-state index contributed by atoms with van der Waals surface area (Å²) < 4.78 is 16.4. The molecular weight excluding hydrogens is 382 g/mol. The van der Waals surface area contributed by atoms with Crippen LogP contribution < -0.4 is 20.4 Å². The van der Waals surface area contributed by atoms with E-state index in [1.165, 1.54) is 6.07 Å². The molecule has 0 radical (unpaired) electrons. The molecule has 6 nitrogen and oxygen atoms in total. The van der Waals surface area contributed by atoms with Crippen LogP contribution in [0.15, 0.2) is 88.1 Å². The Hall–Kier alpha value is -4.06. The van der Waals surface area contributed by atoms with Crippen LogP contribution in [-0.4, -0.2) is 12.5 Å². The monoisotopic (exact) mass is 401 g/mol. The van der Waals surface area contributed by atoms with Crippen LogP contribution in [-0.2, 0) is 4.79 Å². The number of anilines is 1. The van der Waals surface area contributed by atoms with Gasteiger partial charge >= 0.3 is 5.63 Å². The van der Waals surface area contributed by atoms with Gasteiger partial charge in [-0.15, -0.1) is 0 Å². The number of rotatable bonds is 6. The van der Waals surface area contributed by atoms with Crippen molar-refractivity contribution < 1.29 is 18.7 Å². The summed E-state index contributed by atoms with van der Waals surface area (Å²) >= 11 is 0. The molecule has 1 aromatic heterocycles. The number of hydrogen-bond acceptors (Lipinski definition) is 5. The summed E-state index contributed by atoms with van der Waals surface area (Å²) in [6.07, 6.45) is 0. The van der Waals surface area contributed by atoms with Crippen LogP contribution in [0.1, 0.15) is 5.56 Å². The van der Waals surface area contributed by atoms with E-state index in [9.17, 15) is 9.59 Å². The fourth-order valence-corrected chi connectivity index (χ4v) is 2.83. The lowest BCUT2D eigenvalue weighted by atomic mass is 10.2. The number of aryl methyl sites for hydroxylation is 1. The average Bonchev–Trinajstić information content (AvgIpc) is 2.75. The molecule has 0 bridgehead atoms. The standard InChI is InChI=1S/C24H19NO5/c1-16-2-8-19(9-3-16)29-20-11-6-18(7-12-20)25-23(26)15-28-21-10-4-17-5-13-24(27)30-22(17)14-21/h2-14H,15H2,1H3,(H,25,26). The van der Waals surface area contributed by atoms with Crippen molar-refractivity contribution in [3.05, 3.63) is 94.8 Å². The first kappa shape index (κ1) is 19.3. The predicted octanol–water partition coefficient (Wildman–Crippen LogP) is 4.91. The van der Waals surface area contributed by atoms with Crippen LogP contribution in [0.4, 0.5) is 5.69 Å². The number of fused-ring (bicyclic) bond motifs is 1. The number of amides is 1. The maximum atomic E-state index is 12.2. The highest BCUT2D eigenvalue weighted by molar-refractivity contribution is 5.92. The van der Waals surface area contributed by atoms with Crippen molar-refractivity contribution in [1.82, 2.24) is 0 Å². The minimum Gasteiger partial charge on any atom is -0.484 e. The van der Waals surface area contributed by atoms with E-state index < -0.39 is 5.63 Å². The molecule has 4 aromatic rings. The third-order valence-electron chi connectivity index (χ3n) is 4.36. The van der Waals surface area contributed by atoms with Gasteiger partial charge in [-0.25, -0.2) is 4.79 Å². The van der Waals surface area contributed by atoms with Gasteiger partial charge in [0, 0.05) is 23.2 Å². The van der Waals surface area contributed by atoms with Crippen LogP contribution >= 0.6 is 0 Å². The molecule has 1 heterocycles. The molecule has 1 N–H and O–H groups in total. The first-order valence-electron chi connectivity index (χ1n) is 9.36. The van der Waals surface area contributed by atoms with Crippen LogP contribution in [0.25, 0.3) is 11.0 Å². The number of nitrogens with one attached hydrogen (secondary N) is 1. The zero-order valence-electron chi connectivity index (χ0n) is 16.3. The molecule has 0 atom stereocenters. The van der Waals surface area contributed by atoms with Gasteiger partial charge in [0.15, 0.2) is 6.61 Å². The van der Waals surface area contributed by atoms with Crippen molar-refractivity contribution in [3.63, 3.8) is 0 Å². The quantitative estimate of drug-likeness (QED) is 0.465. The Kier molecular flexibility index (Phi) is 5.48. The minimum atomic E-state index is -0.438. The highest BCUT2D eigenvalue weighted by atomic mass is 16.5. The predicted molar refractivity (Wildman–Crippen MR) is 114 cm³/mol. The maximum Gasteiger partial charge on any atom is 0.336 e. The van der Waals surface area contributed by atoms with Crippen LogP contribution in [0, 0.1) is 6.92 Å². The van der Waals surface area contributed by atoms with Gasteiger partial charge in [-0.3, -0.25) is 4.79 Å². The number of ether oxygens (including phenoxy) is 2. The smallest absolute Gasteiger partial charge is 0.336 e. The number of carbonyl (C=O) groups excluding carboxylic acids is 1. The largest absolute Gasteiger partial charge is 0.484 e. The fourth-order valence-electron chi connectivity index (χ4n) is 2.83. The molecule has 0 unspecified atom stereocenters. The number of hydrogen-bond donors (Lipinski definition) is 1. The van der Waals surface area contributed by atoms with E-state index >= 15 is 0 Å². The van der Waals surface area contributed by atoms with Crippen LogP contribution in [0.3, 0.4) is 0 Å². The Morgan fingerprint density at radius 2 is 1.50 bits per heavy atom. The SMILES string of the molecule is Cc1ccc(Oc2ccc(NC(=O)COc3ccc4ccc(=O)oc4c3)cc2)cc1.